The summed E-state index contributed by atoms with van der Waals surface area (Å²) in [5.74, 6) is -0.883. The third-order valence-corrected chi connectivity index (χ3v) is 3.81. The largest absolute Gasteiger partial charge is 0.347 e. The fourth-order valence-electron chi connectivity index (χ4n) is 1.67. The zero-order valence-electron chi connectivity index (χ0n) is 12.5. The quantitative estimate of drug-likeness (QED) is 0.849. The maximum Gasteiger partial charge on any atom is 0.242 e. The Balaban J connectivity index is 2.55. The summed E-state index contributed by atoms with van der Waals surface area (Å²) >= 11 is 3.27. The Hall–Kier alpha value is -1.43. The van der Waals surface area contributed by atoms with E-state index in [1.54, 1.807) is 26.1 Å². The number of rotatable bonds is 6. The lowest BCUT2D eigenvalue weighted by atomic mass is 10.1. The van der Waals surface area contributed by atoms with Crippen LogP contribution in [0.2, 0.25) is 0 Å². The molecule has 0 saturated carbocycles. The van der Waals surface area contributed by atoms with Crippen LogP contribution < -0.4 is 5.32 Å². The lowest BCUT2D eigenvalue weighted by Crippen LogP contribution is -2.39. The molecule has 0 aliphatic rings. The standard InChI is InChI=1S/C15H20BrFN2O2/c1-4-10(2)15(21)18-8-14(20)19(3)9-11-7-12(16)5-6-13(11)17/h5-7,10H,4,8-9H2,1-3H3,(H,18,21). The van der Waals surface area contributed by atoms with Gasteiger partial charge in [0.15, 0.2) is 0 Å². The van der Waals surface area contributed by atoms with Crippen molar-refractivity contribution >= 4 is 27.7 Å². The number of amides is 2. The van der Waals surface area contributed by atoms with Crippen molar-refractivity contribution in [3.05, 3.63) is 34.1 Å². The van der Waals surface area contributed by atoms with Crippen molar-refractivity contribution in [2.24, 2.45) is 5.92 Å². The normalized spacial score (nSPS) is 11.9. The Morgan fingerprint density at radius 3 is 2.71 bits per heavy atom. The smallest absolute Gasteiger partial charge is 0.242 e. The molecule has 1 aromatic rings. The molecule has 4 nitrogen and oxygen atoms in total. The summed E-state index contributed by atoms with van der Waals surface area (Å²) in [6.07, 6.45) is 0.721. The second-order valence-electron chi connectivity index (χ2n) is 5.01. The lowest BCUT2D eigenvalue weighted by molar-refractivity contribution is -0.133. The van der Waals surface area contributed by atoms with E-state index in [1.807, 2.05) is 6.92 Å². The minimum Gasteiger partial charge on any atom is -0.347 e. The van der Waals surface area contributed by atoms with Crippen molar-refractivity contribution in [2.75, 3.05) is 13.6 Å². The van der Waals surface area contributed by atoms with E-state index in [2.05, 4.69) is 21.2 Å². The average molecular weight is 359 g/mol. The van der Waals surface area contributed by atoms with Crippen molar-refractivity contribution in [1.82, 2.24) is 10.2 Å². The number of carbonyl (C=O) groups excluding carboxylic acids is 2. The van der Waals surface area contributed by atoms with Gasteiger partial charge in [0.1, 0.15) is 5.82 Å². The Morgan fingerprint density at radius 2 is 2.10 bits per heavy atom. The van der Waals surface area contributed by atoms with Crippen molar-refractivity contribution < 1.29 is 14.0 Å². The fraction of sp³-hybridized carbons (Fsp3) is 0.467. The summed E-state index contributed by atoms with van der Waals surface area (Å²) in [5, 5.41) is 2.59. The van der Waals surface area contributed by atoms with E-state index in [0.29, 0.717) is 5.56 Å². The van der Waals surface area contributed by atoms with Crippen LogP contribution in [-0.4, -0.2) is 30.3 Å². The maximum atomic E-state index is 13.6. The van der Waals surface area contributed by atoms with Gasteiger partial charge in [0.05, 0.1) is 6.54 Å². The molecule has 0 aliphatic heterocycles. The SMILES string of the molecule is CCC(C)C(=O)NCC(=O)N(C)Cc1cc(Br)ccc1F. The third-order valence-electron chi connectivity index (χ3n) is 3.31. The molecule has 1 atom stereocenters. The highest BCUT2D eigenvalue weighted by molar-refractivity contribution is 9.10. The summed E-state index contributed by atoms with van der Waals surface area (Å²) in [7, 11) is 1.58. The van der Waals surface area contributed by atoms with Crippen LogP contribution in [-0.2, 0) is 16.1 Å². The second-order valence-corrected chi connectivity index (χ2v) is 5.93. The van der Waals surface area contributed by atoms with Crippen molar-refractivity contribution in [2.45, 2.75) is 26.8 Å². The molecule has 0 aliphatic carbocycles. The topological polar surface area (TPSA) is 49.4 Å². The highest BCUT2D eigenvalue weighted by Crippen LogP contribution is 2.16. The summed E-state index contributed by atoms with van der Waals surface area (Å²) < 4.78 is 14.4. The van der Waals surface area contributed by atoms with Crippen molar-refractivity contribution in [3.63, 3.8) is 0 Å². The Labute approximate surface area is 132 Å². The molecule has 116 valence electrons. The number of hydrogen-bond donors (Lipinski definition) is 1. The molecule has 1 unspecified atom stereocenters. The molecule has 1 rings (SSSR count). The molecule has 0 saturated heterocycles. The van der Waals surface area contributed by atoms with Gasteiger partial charge in [-0.15, -0.1) is 0 Å². The van der Waals surface area contributed by atoms with E-state index in [-0.39, 0.29) is 36.6 Å². The number of hydrogen-bond acceptors (Lipinski definition) is 2. The van der Waals surface area contributed by atoms with Crippen LogP contribution in [0.15, 0.2) is 22.7 Å². The van der Waals surface area contributed by atoms with Gasteiger partial charge in [-0.25, -0.2) is 4.39 Å². The van der Waals surface area contributed by atoms with E-state index in [4.69, 9.17) is 0 Å². The molecule has 0 radical (unpaired) electrons. The molecular weight excluding hydrogens is 339 g/mol. The van der Waals surface area contributed by atoms with Crippen molar-refractivity contribution in [3.8, 4) is 0 Å². The third kappa shape index (κ3) is 5.46. The molecule has 0 bridgehead atoms. The van der Waals surface area contributed by atoms with E-state index >= 15 is 0 Å². The molecular formula is C15H20BrFN2O2. The number of likely N-dealkylation sites (N-methyl/N-ethyl adjacent to an activating group) is 1. The van der Waals surface area contributed by atoms with E-state index in [9.17, 15) is 14.0 Å². The van der Waals surface area contributed by atoms with Gasteiger partial charge < -0.3 is 10.2 Å². The van der Waals surface area contributed by atoms with Gasteiger partial charge in [-0.1, -0.05) is 29.8 Å². The zero-order valence-corrected chi connectivity index (χ0v) is 14.0. The Bertz CT molecular complexity index is 522. The Morgan fingerprint density at radius 1 is 1.43 bits per heavy atom. The summed E-state index contributed by atoms with van der Waals surface area (Å²) in [5.41, 5.74) is 0.425. The molecule has 21 heavy (non-hydrogen) atoms. The molecule has 0 heterocycles. The highest BCUT2D eigenvalue weighted by atomic mass is 79.9. The minimum atomic E-state index is -0.360. The van der Waals surface area contributed by atoms with Gasteiger partial charge in [0.2, 0.25) is 11.8 Å². The van der Waals surface area contributed by atoms with Gasteiger partial charge in [0.25, 0.3) is 0 Å². The zero-order chi connectivity index (χ0) is 16.0. The predicted molar refractivity (Wildman–Crippen MR) is 83.0 cm³/mol. The van der Waals surface area contributed by atoms with Gasteiger partial charge in [-0.05, 0) is 24.6 Å². The first-order chi connectivity index (χ1) is 9.85. The van der Waals surface area contributed by atoms with Crippen LogP contribution in [0.1, 0.15) is 25.8 Å². The molecule has 1 N–H and O–H groups in total. The maximum absolute atomic E-state index is 13.6. The van der Waals surface area contributed by atoms with Crippen LogP contribution in [0.4, 0.5) is 4.39 Å². The van der Waals surface area contributed by atoms with E-state index in [1.165, 1.54) is 11.0 Å². The molecule has 0 spiro atoms. The van der Waals surface area contributed by atoms with Gasteiger partial charge in [-0.2, -0.15) is 0 Å². The van der Waals surface area contributed by atoms with E-state index < -0.39 is 0 Å². The summed E-state index contributed by atoms with van der Waals surface area (Å²) in [6, 6.07) is 4.59. The number of nitrogens with one attached hydrogen (secondary N) is 1. The number of halogens is 2. The number of nitrogens with zero attached hydrogens (tertiary/aromatic N) is 1. The first-order valence-corrected chi connectivity index (χ1v) is 7.60. The number of carbonyl (C=O) groups is 2. The van der Waals surface area contributed by atoms with Crippen LogP contribution in [0.5, 0.6) is 0 Å². The monoisotopic (exact) mass is 358 g/mol. The van der Waals surface area contributed by atoms with Crippen LogP contribution in [0.25, 0.3) is 0 Å². The second kappa shape index (κ2) is 8.12. The van der Waals surface area contributed by atoms with Crippen LogP contribution >= 0.6 is 15.9 Å². The summed E-state index contributed by atoms with van der Waals surface area (Å²) in [6.45, 7) is 3.80. The molecule has 6 heteroatoms. The van der Waals surface area contributed by atoms with Crippen LogP contribution in [0.3, 0.4) is 0 Å². The molecule has 0 fully saturated rings. The summed E-state index contributed by atoms with van der Waals surface area (Å²) in [4.78, 5) is 24.9. The van der Waals surface area contributed by atoms with Crippen molar-refractivity contribution in [1.29, 1.82) is 0 Å². The van der Waals surface area contributed by atoms with Crippen LogP contribution in [0, 0.1) is 11.7 Å². The predicted octanol–water partition coefficient (Wildman–Crippen LogP) is 2.71. The number of benzene rings is 1. The van der Waals surface area contributed by atoms with Gasteiger partial charge in [-0.3, -0.25) is 9.59 Å². The minimum absolute atomic E-state index is 0.0741. The van der Waals surface area contributed by atoms with Gasteiger partial charge in [0, 0.05) is 29.5 Å². The fourth-order valence-corrected chi connectivity index (χ4v) is 2.07. The van der Waals surface area contributed by atoms with E-state index in [0.717, 1.165) is 10.9 Å². The first kappa shape index (κ1) is 17.6. The average Bonchev–Trinajstić information content (AvgIpc) is 2.47. The first-order valence-electron chi connectivity index (χ1n) is 6.80. The highest BCUT2D eigenvalue weighted by Gasteiger charge is 2.15. The Kier molecular flexibility index (Phi) is 6.81. The molecule has 0 aromatic heterocycles. The van der Waals surface area contributed by atoms with Gasteiger partial charge >= 0.3 is 0 Å². The molecule has 2 amide bonds. The molecule has 1 aromatic carbocycles. The lowest BCUT2D eigenvalue weighted by Gasteiger charge is -2.19.